The maximum absolute atomic E-state index is 11.5. The highest BCUT2D eigenvalue weighted by molar-refractivity contribution is 8.03. The van der Waals surface area contributed by atoms with E-state index in [0.29, 0.717) is 0 Å². The van der Waals surface area contributed by atoms with Crippen LogP contribution in [0.25, 0.3) is 0 Å². The van der Waals surface area contributed by atoms with Crippen molar-refractivity contribution in [1.82, 2.24) is 4.90 Å². The number of aromatic hydroxyl groups is 1. The van der Waals surface area contributed by atoms with Crippen molar-refractivity contribution in [3.05, 3.63) is 29.3 Å². The van der Waals surface area contributed by atoms with Gasteiger partial charge in [0.1, 0.15) is 5.75 Å². The van der Waals surface area contributed by atoms with E-state index in [9.17, 15) is 9.90 Å². The molecule has 0 radical (unpaired) electrons. The number of ether oxygens (including phenoxy) is 1. The zero-order chi connectivity index (χ0) is 15.5. The fourth-order valence-corrected chi connectivity index (χ4v) is 3.83. The Hall–Kier alpha value is -1.50. The van der Waals surface area contributed by atoms with Crippen LogP contribution in [0.3, 0.4) is 0 Å². The van der Waals surface area contributed by atoms with Crippen molar-refractivity contribution in [1.29, 1.82) is 0 Å². The van der Waals surface area contributed by atoms with Gasteiger partial charge >= 0.3 is 0 Å². The first-order valence-corrected chi connectivity index (χ1v) is 8.26. The lowest BCUT2D eigenvalue weighted by Crippen LogP contribution is -2.40. The molecule has 0 aromatic heterocycles. The zero-order valence-corrected chi connectivity index (χ0v) is 13.4. The topological polar surface area (TPSA) is 53.0 Å². The Bertz CT molecular complexity index is 597. The van der Waals surface area contributed by atoms with E-state index in [0.717, 1.165) is 55.0 Å². The van der Waals surface area contributed by atoms with Gasteiger partial charge in [0.25, 0.3) is 0 Å². The van der Waals surface area contributed by atoms with Gasteiger partial charge in [-0.1, -0.05) is 11.8 Å². The molecule has 1 fully saturated rings. The number of rotatable bonds is 4. The maximum atomic E-state index is 11.5. The number of carbonyl (C=O) groups is 1. The van der Waals surface area contributed by atoms with E-state index in [1.807, 2.05) is 6.07 Å². The molecule has 2 aliphatic rings. The van der Waals surface area contributed by atoms with Crippen molar-refractivity contribution in [3.8, 4) is 5.75 Å². The Labute approximate surface area is 134 Å². The van der Waals surface area contributed by atoms with Crippen LogP contribution in [-0.4, -0.2) is 55.2 Å². The summed E-state index contributed by atoms with van der Waals surface area (Å²) >= 11 is 1.58. The smallest absolute Gasteiger partial charge is 0.155 e. The number of ketones is 1. The fourth-order valence-electron chi connectivity index (χ4n) is 2.67. The molecule has 1 aromatic carbocycles. The van der Waals surface area contributed by atoms with Crippen LogP contribution in [0, 0.1) is 0 Å². The monoisotopic (exact) mass is 320 g/mol. The van der Waals surface area contributed by atoms with Crippen molar-refractivity contribution < 1.29 is 14.6 Å². The Morgan fingerprint density at radius 2 is 2.14 bits per heavy atom. The van der Waals surface area contributed by atoms with Crippen LogP contribution in [0.15, 0.2) is 34.2 Å². The van der Waals surface area contributed by atoms with E-state index in [-0.39, 0.29) is 11.5 Å². The van der Waals surface area contributed by atoms with Gasteiger partial charge in [-0.05, 0) is 19.1 Å². The molecular weight excluding hydrogens is 300 g/mol. The van der Waals surface area contributed by atoms with Crippen LogP contribution in [0.5, 0.6) is 5.75 Å². The highest BCUT2D eigenvalue weighted by Crippen LogP contribution is 2.47. The van der Waals surface area contributed by atoms with Gasteiger partial charge in [0.2, 0.25) is 0 Å². The van der Waals surface area contributed by atoms with Crippen LogP contribution in [0.1, 0.15) is 6.92 Å². The summed E-state index contributed by atoms with van der Waals surface area (Å²) in [5.41, 5.74) is 0.978. The van der Waals surface area contributed by atoms with Crippen molar-refractivity contribution in [2.24, 2.45) is 0 Å². The van der Waals surface area contributed by atoms with Crippen LogP contribution < -0.4 is 4.90 Å². The van der Waals surface area contributed by atoms with Gasteiger partial charge in [-0.25, -0.2) is 0 Å². The van der Waals surface area contributed by atoms with E-state index in [1.54, 1.807) is 36.9 Å². The van der Waals surface area contributed by atoms with Crippen LogP contribution in [-0.2, 0) is 9.53 Å². The molecule has 2 heterocycles. The largest absolute Gasteiger partial charge is 0.508 e. The minimum atomic E-state index is 0.0379. The first-order valence-electron chi connectivity index (χ1n) is 7.44. The lowest BCUT2D eigenvalue weighted by molar-refractivity contribution is -0.112. The molecule has 6 heteroatoms. The molecule has 2 aliphatic heterocycles. The van der Waals surface area contributed by atoms with Crippen molar-refractivity contribution in [2.75, 3.05) is 44.3 Å². The molecular formula is C16H20N2O3S. The number of anilines is 1. The number of morpholine rings is 1. The van der Waals surface area contributed by atoms with Crippen molar-refractivity contribution in [3.63, 3.8) is 0 Å². The first kappa shape index (κ1) is 15.4. The first-order chi connectivity index (χ1) is 10.6. The third-order valence-electron chi connectivity index (χ3n) is 3.78. The van der Waals surface area contributed by atoms with Crippen LogP contribution >= 0.6 is 11.8 Å². The molecule has 0 saturated carbocycles. The number of nitrogens with zero attached hydrogens (tertiary/aromatic N) is 2. The number of benzene rings is 1. The predicted octanol–water partition coefficient (Wildman–Crippen LogP) is 2.07. The lowest BCUT2D eigenvalue weighted by Gasteiger charge is -2.29. The third-order valence-corrected chi connectivity index (χ3v) is 4.90. The molecule has 0 aliphatic carbocycles. The predicted molar refractivity (Wildman–Crippen MR) is 87.3 cm³/mol. The number of phenols is 1. The summed E-state index contributed by atoms with van der Waals surface area (Å²) in [5, 5.41) is 10.7. The molecule has 0 bridgehead atoms. The van der Waals surface area contributed by atoms with E-state index in [4.69, 9.17) is 4.74 Å². The van der Waals surface area contributed by atoms with E-state index >= 15 is 0 Å². The molecule has 5 nitrogen and oxygen atoms in total. The maximum Gasteiger partial charge on any atom is 0.155 e. The molecule has 118 valence electrons. The Morgan fingerprint density at radius 3 is 2.86 bits per heavy atom. The minimum Gasteiger partial charge on any atom is -0.508 e. The van der Waals surface area contributed by atoms with Gasteiger partial charge in [0, 0.05) is 43.2 Å². The zero-order valence-electron chi connectivity index (χ0n) is 12.6. The number of fused-ring (bicyclic) bond motifs is 1. The Morgan fingerprint density at radius 1 is 1.36 bits per heavy atom. The molecule has 22 heavy (non-hydrogen) atoms. The molecule has 1 N–H and O–H groups in total. The number of phenolic OH excluding ortho intramolecular Hbond substituents is 1. The second-order valence-corrected chi connectivity index (χ2v) is 6.52. The number of hydrogen-bond donors (Lipinski definition) is 1. The van der Waals surface area contributed by atoms with Crippen LogP contribution in [0.4, 0.5) is 5.69 Å². The quantitative estimate of drug-likeness (QED) is 0.857. The summed E-state index contributed by atoms with van der Waals surface area (Å²) in [4.78, 5) is 17.0. The average Bonchev–Trinajstić information content (AvgIpc) is 2.82. The summed E-state index contributed by atoms with van der Waals surface area (Å²) in [6.07, 6.45) is 1.67. The second kappa shape index (κ2) is 6.73. The molecule has 1 aromatic rings. The normalized spacial score (nSPS) is 20.4. The summed E-state index contributed by atoms with van der Waals surface area (Å²) in [6.45, 7) is 6.72. The lowest BCUT2D eigenvalue weighted by atomic mass is 10.2. The van der Waals surface area contributed by atoms with Gasteiger partial charge in [-0.2, -0.15) is 0 Å². The van der Waals surface area contributed by atoms with Gasteiger partial charge in [0.15, 0.2) is 5.78 Å². The summed E-state index contributed by atoms with van der Waals surface area (Å²) in [6, 6.07) is 5.35. The second-order valence-electron chi connectivity index (χ2n) is 5.45. The van der Waals surface area contributed by atoms with Gasteiger partial charge in [-0.3, -0.25) is 9.69 Å². The standard InChI is InChI=1S/C16H20N2O3S/c1-12(19)10-16-18(5-4-17-6-8-21-9-7-17)14-11-13(20)2-3-15(14)22-16/h2-3,10-11,20H,4-9H2,1H3/b16-10-. The molecule has 0 atom stereocenters. The molecule has 3 rings (SSSR count). The molecule has 0 amide bonds. The van der Waals surface area contributed by atoms with Gasteiger partial charge in [-0.15, -0.1) is 0 Å². The summed E-state index contributed by atoms with van der Waals surface area (Å²) in [5.74, 6) is 0.288. The molecule has 0 unspecified atom stereocenters. The summed E-state index contributed by atoms with van der Waals surface area (Å²) in [7, 11) is 0. The SMILES string of the molecule is CC(=O)/C=C1\Sc2ccc(O)cc2N1CCN1CCOCC1. The number of carbonyl (C=O) groups excluding carboxylic acids is 1. The van der Waals surface area contributed by atoms with Gasteiger partial charge in [0.05, 0.1) is 23.9 Å². The van der Waals surface area contributed by atoms with Crippen LogP contribution in [0.2, 0.25) is 0 Å². The van der Waals surface area contributed by atoms with E-state index < -0.39 is 0 Å². The Kier molecular flexibility index (Phi) is 4.71. The highest BCUT2D eigenvalue weighted by Gasteiger charge is 2.26. The van der Waals surface area contributed by atoms with E-state index in [1.165, 1.54) is 0 Å². The average molecular weight is 320 g/mol. The highest BCUT2D eigenvalue weighted by atomic mass is 32.2. The van der Waals surface area contributed by atoms with Crippen molar-refractivity contribution in [2.45, 2.75) is 11.8 Å². The fraction of sp³-hybridized carbons (Fsp3) is 0.438. The number of hydrogen-bond acceptors (Lipinski definition) is 6. The molecule has 0 spiro atoms. The minimum absolute atomic E-state index is 0.0379. The number of allylic oxidation sites excluding steroid dienone is 1. The third kappa shape index (κ3) is 3.45. The molecule has 1 saturated heterocycles. The van der Waals surface area contributed by atoms with Gasteiger partial charge < -0.3 is 14.7 Å². The summed E-state index contributed by atoms with van der Waals surface area (Å²) < 4.78 is 5.37. The van der Waals surface area contributed by atoms with Crippen molar-refractivity contribution >= 4 is 23.2 Å². The van der Waals surface area contributed by atoms with E-state index in [2.05, 4.69) is 9.80 Å². The Balaban J connectivity index is 1.78. The number of thioether (sulfide) groups is 1.